The Morgan fingerprint density at radius 2 is 2.00 bits per heavy atom. The summed E-state index contributed by atoms with van der Waals surface area (Å²) < 4.78 is 39.9. The van der Waals surface area contributed by atoms with E-state index in [2.05, 4.69) is 10.1 Å². The zero-order valence-corrected chi connectivity index (χ0v) is 16.0. The van der Waals surface area contributed by atoms with Crippen molar-refractivity contribution in [3.8, 4) is 11.5 Å². The number of nitrogens with one attached hydrogen (secondary N) is 1. The monoisotopic (exact) mass is 409 g/mol. The molecule has 0 saturated carbocycles. The van der Waals surface area contributed by atoms with Crippen LogP contribution in [0, 0.1) is 6.92 Å². The van der Waals surface area contributed by atoms with Crippen molar-refractivity contribution >= 4 is 28.5 Å². The number of rotatable bonds is 7. The Morgan fingerprint density at radius 1 is 1.21 bits per heavy atom. The number of carbonyl (C=O) groups excluding carboxylic acids is 1. The highest BCUT2D eigenvalue weighted by Gasteiger charge is 2.17. The highest BCUT2D eigenvalue weighted by molar-refractivity contribution is 6.31. The first-order valence-electron chi connectivity index (χ1n) is 8.47. The summed E-state index contributed by atoms with van der Waals surface area (Å²) in [7, 11) is 1.37. The molecule has 0 aliphatic rings. The second kappa shape index (κ2) is 8.48. The minimum Gasteiger partial charge on any atom is -0.493 e. The summed E-state index contributed by atoms with van der Waals surface area (Å²) in [5.74, 6) is 0.0564. The molecule has 5 nitrogen and oxygen atoms in total. The lowest BCUT2D eigenvalue weighted by molar-refractivity contribution is -0.0512. The first-order valence-corrected chi connectivity index (χ1v) is 8.85. The van der Waals surface area contributed by atoms with Crippen LogP contribution in [0.15, 0.2) is 40.8 Å². The fourth-order valence-electron chi connectivity index (χ4n) is 2.87. The summed E-state index contributed by atoms with van der Waals surface area (Å²) >= 11 is 5.99. The number of hydrogen-bond donors (Lipinski definition) is 1. The van der Waals surface area contributed by atoms with E-state index >= 15 is 0 Å². The van der Waals surface area contributed by atoms with Crippen LogP contribution < -0.4 is 14.8 Å². The summed E-state index contributed by atoms with van der Waals surface area (Å²) in [5, 5.41) is 4.15. The Hall–Kier alpha value is -2.80. The second-order valence-electron chi connectivity index (χ2n) is 6.07. The molecule has 0 radical (unpaired) electrons. The van der Waals surface area contributed by atoms with Gasteiger partial charge in [0.1, 0.15) is 5.58 Å². The van der Waals surface area contributed by atoms with Gasteiger partial charge in [-0.3, -0.25) is 4.79 Å². The maximum Gasteiger partial charge on any atom is 0.387 e. The van der Waals surface area contributed by atoms with Crippen LogP contribution in [-0.4, -0.2) is 26.2 Å². The van der Waals surface area contributed by atoms with E-state index in [0.717, 1.165) is 10.9 Å². The molecule has 1 heterocycles. The Labute approximate surface area is 165 Å². The third-order valence-electron chi connectivity index (χ3n) is 4.25. The van der Waals surface area contributed by atoms with Gasteiger partial charge in [-0.2, -0.15) is 8.78 Å². The zero-order valence-electron chi connectivity index (χ0n) is 15.2. The predicted octanol–water partition coefficient (Wildman–Crippen LogP) is 4.98. The van der Waals surface area contributed by atoms with Crippen molar-refractivity contribution in [3.05, 3.63) is 58.3 Å². The molecule has 3 rings (SSSR count). The topological polar surface area (TPSA) is 60.7 Å². The first-order chi connectivity index (χ1) is 13.4. The number of hydrogen-bond acceptors (Lipinski definition) is 4. The molecule has 0 fully saturated rings. The van der Waals surface area contributed by atoms with Crippen LogP contribution in [0.1, 0.15) is 21.7 Å². The summed E-state index contributed by atoms with van der Waals surface area (Å²) in [4.78, 5) is 12.4. The Bertz CT molecular complexity index is 1000. The highest BCUT2D eigenvalue weighted by atomic mass is 35.5. The molecule has 1 N–H and O–H groups in total. The molecule has 3 aromatic rings. The minimum atomic E-state index is -2.93. The molecule has 8 heteroatoms. The van der Waals surface area contributed by atoms with Gasteiger partial charge in [-0.25, -0.2) is 0 Å². The molecule has 0 aliphatic heterocycles. The van der Waals surface area contributed by atoms with Gasteiger partial charge in [0.15, 0.2) is 17.3 Å². The number of methoxy groups -OCH3 is 1. The molecule has 0 saturated heterocycles. The number of aryl methyl sites for hydroxylation is 1. The Kier molecular flexibility index (Phi) is 6.04. The molecule has 0 bridgehead atoms. The lowest BCUT2D eigenvalue weighted by atomic mass is 10.1. The molecule has 0 aliphatic carbocycles. The molecule has 1 amide bonds. The zero-order chi connectivity index (χ0) is 20.3. The van der Waals surface area contributed by atoms with Crippen molar-refractivity contribution in [2.45, 2.75) is 20.0 Å². The lowest BCUT2D eigenvalue weighted by Crippen LogP contribution is -2.25. The van der Waals surface area contributed by atoms with Gasteiger partial charge in [0, 0.05) is 22.5 Å². The average Bonchev–Trinajstić information content (AvgIpc) is 2.98. The number of alkyl halides is 2. The standard InChI is InChI=1S/C20H18ClF2NO4/c1-11-14-10-13(21)4-6-15(14)27-18(11)19(25)24-8-7-12-3-5-16(28-20(22)23)17(9-12)26-2/h3-6,9-10,20H,7-8H2,1-2H3,(H,24,25). The highest BCUT2D eigenvalue weighted by Crippen LogP contribution is 2.30. The van der Waals surface area contributed by atoms with E-state index in [-0.39, 0.29) is 23.2 Å². The number of fused-ring (bicyclic) bond motifs is 1. The van der Waals surface area contributed by atoms with E-state index in [1.807, 2.05) is 0 Å². The van der Waals surface area contributed by atoms with E-state index in [9.17, 15) is 13.6 Å². The third kappa shape index (κ3) is 4.36. The van der Waals surface area contributed by atoms with Crippen molar-refractivity contribution < 1.29 is 27.5 Å². The van der Waals surface area contributed by atoms with Crippen molar-refractivity contribution in [3.63, 3.8) is 0 Å². The van der Waals surface area contributed by atoms with Gasteiger partial charge in [0.2, 0.25) is 0 Å². The third-order valence-corrected chi connectivity index (χ3v) is 4.48. The van der Waals surface area contributed by atoms with Crippen LogP contribution in [0.5, 0.6) is 11.5 Å². The number of amides is 1. The molecular weight excluding hydrogens is 392 g/mol. The fraction of sp³-hybridized carbons (Fsp3) is 0.250. The molecule has 0 spiro atoms. The maximum atomic E-state index is 12.4. The summed E-state index contributed by atoms with van der Waals surface area (Å²) in [6, 6.07) is 9.82. The normalized spacial score (nSPS) is 11.1. The van der Waals surface area contributed by atoms with Gasteiger partial charge >= 0.3 is 6.61 Å². The largest absolute Gasteiger partial charge is 0.493 e. The SMILES string of the molecule is COc1cc(CCNC(=O)c2oc3ccc(Cl)cc3c2C)ccc1OC(F)F. The van der Waals surface area contributed by atoms with E-state index in [1.54, 1.807) is 37.3 Å². The predicted molar refractivity (Wildman–Crippen MR) is 102 cm³/mol. The number of halogens is 3. The fourth-order valence-corrected chi connectivity index (χ4v) is 3.04. The van der Waals surface area contributed by atoms with Crippen LogP contribution in [0.2, 0.25) is 5.02 Å². The molecule has 28 heavy (non-hydrogen) atoms. The molecular formula is C20H18ClF2NO4. The van der Waals surface area contributed by atoms with Crippen LogP contribution >= 0.6 is 11.6 Å². The van der Waals surface area contributed by atoms with Crippen LogP contribution in [0.3, 0.4) is 0 Å². The van der Waals surface area contributed by atoms with Gasteiger partial charge in [0.05, 0.1) is 7.11 Å². The summed E-state index contributed by atoms with van der Waals surface area (Å²) in [5.41, 5.74) is 2.10. The number of furan rings is 1. The molecule has 1 aromatic heterocycles. The minimum absolute atomic E-state index is 0.0400. The number of carbonyl (C=O) groups is 1. The van der Waals surface area contributed by atoms with Crippen molar-refractivity contribution in [2.75, 3.05) is 13.7 Å². The number of benzene rings is 2. The number of ether oxygens (including phenoxy) is 2. The van der Waals surface area contributed by atoms with E-state index in [1.165, 1.54) is 13.2 Å². The first kappa shape index (κ1) is 19.9. The lowest BCUT2D eigenvalue weighted by Gasteiger charge is -2.11. The van der Waals surface area contributed by atoms with Crippen molar-refractivity contribution in [2.24, 2.45) is 0 Å². The van der Waals surface area contributed by atoms with Crippen molar-refractivity contribution in [1.82, 2.24) is 5.32 Å². The molecule has 0 unspecified atom stereocenters. The van der Waals surface area contributed by atoms with Crippen LogP contribution in [0.25, 0.3) is 11.0 Å². The molecule has 148 valence electrons. The van der Waals surface area contributed by atoms with Gasteiger partial charge in [0.25, 0.3) is 5.91 Å². The van der Waals surface area contributed by atoms with Crippen LogP contribution in [0.4, 0.5) is 8.78 Å². The Balaban J connectivity index is 1.65. The van der Waals surface area contributed by atoms with Gasteiger partial charge in [-0.1, -0.05) is 17.7 Å². The quantitative estimate of drug-likeness (QED) is 0.598. The molecule has 0 atom stereocenters. The second-order valence-corrected chi connectivity index (χ2v) is 6.50. The van der Waals surface area contributed by atoms with Crippen LogP contribution in [-0.2, 0) is 6.42 Å². The summed E-state index contributed by atoms with van der Waals surface area (Å²) in [6.45, 7) is -0.807. The van der Waals surface area contributed by atoms with Gasteiger partial charge in [-0.15, -0.1) is 0 Å². The van der Waals surface area contributed by atoms with Gasteiger partial charge < -0.3 is 19.2 Å². The molecule has 2 aromatic carbocycles. The van der Waals surface area contributed by atoms with Crippen molar-refractivity contribution in [1.29, 1.82) is 0 Å². The van der Waals surface area contributed by atoms with E-state index < -0.39 is 6.61 Å². The summed E-state index contributed by atoms with van der Waals surface area (Å²) in [6.07, 6.45) is 0.474. The average molecular weight is 410 g/mol. The van der Waals surface area contributed by atoms with E-state index in [4.69, 9.17) is 20.8 Å². The van der Waals surface area contributed by atoms with Gasteiger partial charge in [-0.05, 0) is 49.2 Å². The maximum absolute atomic E-state index is 12.4. The Morgan fingerprint density at radius 3 is 2.71 bits per heavy atom. The smallest absolute Gasteiger partial charge is 0.387 e. The van der Waals surface area contributed by atoms with E-state index in [0.29, 0.717) is 29.1 Å².